The van der Waals surface area contributed by atoms with Crippen LogP contribution in [0.15, 0.2) is 51.9 Å². The Kier molecular flexibility index (Phi) is 5.82. The topological polar surface area (TPSA) is 44.6 Å². The number of benzene rings is 2. The summed E-state index contributed by atoms with van der Waals surface area (Å²) in [6.45, 7) is 4.39. The highest BCUT2D eigenvalue weighted by molar-refractivity contribution is 9.10. The smallest absolute Gasteiger partial charge is 0.120 e. The van der Waals surface area contributed by atoms with Crippen LogP contribution in [0.3, 0.4) is 0 Å². The van der Waals surface area contributed by atoms with E-state index < -0.39 is 0 Å². The van der Waals surface area contributed by atoms with E-state index in [-0.39, 0.29) is 12.2 Å². The Hall–Kier alpha value is -1.36. The van der Waals surface area contributed by atoms with Gasteiger partial charge in [-0.1, -0.05) is 53.5 Å². The Morgan fingerprint density at radius 3 is 2.64 bits per heavy atom. The number of hydrogen-bond acceptors (Lipinski definition) is 3. The standard InChI is InChI=1S/C20H22BrClN2O/c1-12(2)9-20-23-17(13-3-6-15(22)7-4-13)11-18(24-20)16-10-14(21)5-8-19(16)25/h3-8,10,12,18,20,24-25H,9,11H2,1-2H3/t18-,20+/m1/s1. The van der Waals surface area contributed by atoms with Gasteiger partial charge >= 0.3 is 0 Å². The maximum Gasteiger partial charge on any atom is 0.120 e. The molecule has 0 saturated carbocycles. The van der Waals surface area contributed by atoms with E-state index in [1.54, 1.807) is 6.07 Å². The normalized spacial score (nSPS) is 20.6. The van der Waals surface area contributed by atoms with Gasteiger partial charge in [-0.15, -0.1) is 0 Å². The molecule has 0 amide bonds. The zero-order chi connectivity index (χ0) is 18.0. The highest BCUT2D eigenvalue weighted by Crippen LogP contribution is 2.33. The molecule has 132 valence electrons. The third-order valence-corrected chi connectivity index (χ3v) is 5.09. The summed E-state index contributed by atoms with van der Waals surface area (Å²) < 4.78 is 0.957. The van der Waals surface area contributed by atoms with E-state index in [2.05, 4.69) is 35.1 Å². The van der Waals surface area contributed by atoms with Crippen LogP contribution in [-0.2, 0) is 0 Å². The van der Waals surface area contributed by atoms with Crippen LogP contribution >= 0.6 is 27.5 Å². The third-order valence-electron chi connectivity index (χ3n) is 4.34. The second-order valence-electron chi connectivity index (χ2n) is 6.85. The van der Waals surface area contributed by atoms with Crippen molar-refractivity contribution in [3.05, 3.63) is 63.1 Å². The lowest BCUT2D eigenvalue weighted by molar-refractivity contribution is 0.363. The van der Waals surface area contributed by atoms with Crippen molar-refractivity contribution in [3.63, 3.8) is 0 Å². The fourth-order valence-electron chi connectivity index (χ4n) is 3.17. The quantitative estimate of drug-likeness (QED) is 0.664. The molecule has 0 aliphatic carbocycles. The summed E-state index contributed by atoms with van der Waals surface area (Å²) in [4.78, 5) is 4.92. The average Bonchev–Trinajstić information content (AvgIpc) is 2.57. The highest BCUT2D eigenvalue weighted by atomic mass is 79.9. The maximum absolute atomic E-state index is 10.3. The number of nitrogens with zero attached hydrogens (tertiary/aromatic N) is 1. The Balaban J connectivity index is 1.95. The molecule has 0 aromatic heterocycles. The third kappa shape index (κ3) is 4.63. The second kappa shape index (κ2) is 7.90. The summed E-state index contributed by atoms with van der Waals surface area (Å²) in [6, 6.07) is 13.4. The van der Waals surface area contributed by atoms with E-state index in [0.29, 0.717) is 11.7 Å². The summed E-state index contributed by atoms with van der Waals surface area (Å²) >= 11 is 9.52. The van der Waals surface area contributed by atoms with Gasteiger partial charge in [0.15, 0.2) is 0 Å². The average molecular weight is 422 g/mol. The summed E-state index contributed by atoms with van der Waals surface area (Å²) in [5.41, 5.74) is 3.02. The van der Waals surface area contributed by atoms with Crippen LogP contribution in [0.2, 0.25) is 5.02 Å². The van der Waals surface area contributed by atoms with Crippen molar-refractivity contribution in [1.29, 1.82) is 0 Å². The molecule has 25 heavy (non-hydrogen) atoms. The molecule has 0 bridgehead atoms. The van der Waals surface area contributed by atoms with Crippen molar-refractivity contribution in [1.82, 2.24) is 5.32 Å². The summed E-state index contributed by atoms with van der Waals surface area (Å²) in [5, 5.41) is 14.6. The molecule has 0 fully saturated rings. The number of phenolic OH excluding ortho intramolecular Hbond substituents is 1. The first-order chi connectivity index (χ1) is 11.9. The zero-order valence-corrected chi connectivity index (χ0v) is 16.7. The van der Waals surface area contributed by atoms with E-state index in [1.165, 1.54) is 0 Å². The highest BCUT2D eigenvalue weighted by Gasteiger charge is 2.27. The Labute approximate surface area is 162 Å². The van der Waals surface area contributed by atoms with Crippen molar-refractivity contribution in [2.45, 2.75) is 38.9 Å². The van der Waals surface area contributed by atoms with Gasteiger partial charge in [0, 0.05) is 33.2 Å². The second-order valence-corrected chi connectivity index (χ2v) is 8.21. The molecule has 2 aromatic rings. The minimum atomic E-state index is 0.0180. The first kappa shape index (κ1) is 18.4. The molecule has 1 heterocycles. The summed E-state index contributed by atoms with van der Waals surface area (Å²) in [7, 11) is 0. The van der Waals surface area contributed by atoms with Crippen LogP contribution in [0.1, 0.15) is 43.9 Å². The largest absolute Gasteiger partial charge is 0.508 e. The maximum atomic E-state index is 10.3. The number of aliphatic imine (C=N–C) groups is 1. The van der Waals surface area contributed by atoms with Gasteiger partial charge in [-0.2, -0.15) is 0 Å². The van der Waals surface area contributed by atoms with Gasteiger partial charge in [0.05, 0.1) is 0 Å². The molecule has 3 rings (SSSR count). The molecule has 0 radical (unpaired) electrons. The summed E-state index contributed by atoms with van der Waals surface area (Å²) in [5.74, 6) is 0.837. The molecule has 0 saturated heterocycles. The van der Waals surface area contributed by atoms with Crippen molar-refractivity contribution < 1.29 is 5.11 Å². The lowest BCUT2D eigenvalue weighted by atomic mass is 9.93. The van der Waals surface area contributed by atoms with E-state index in [1.807, 2.05) is 36.4 Å². The molecule has 1 aliphatic rings. The Morgan fingerprint density at radius 2 is 1.96 bits per heavy atom. The van der Waals surface area contributed by atoms with Gasteiger partial charge in [0.25, 0.3) is 0 Å². The molecule has 0 unspecified atom stereocenters. The molecule has 2 atom stereocenters. The van der Waals surface area contributed by atoms with Gasteiger partial charge in [0.2, 0.25) is 0 Å². The number of aromatic hydroxyl groups is 1. The lowest BCUT2D eigenvalue weighted by Crippen LogP contribution is -2.39. The number of nitrogens with one attached hydrogen (secondary N) is 1. The molecule has 3 nitrogen and oxygen atoms in total. The SMILES string of the molecule is CC(C)C[C@H]1N=C(c2ccc(Cl)cc2)C[C@H](c2cc(Br)ccc2O)N1. The number of rotatable bonds is 4. The van der Waals surface area contributed by atoms with Crippen LogP contribution in [0.25, 0.3) is 0 Å². The molecular weight excluding hydrogens is 400 g/mol. The summed E-state index contributed by atoms with van der Waals surface area (Å²) in [6.07, 6.45) is 1.70. The van der Waals surface area contributed by atoms with Crippen molar-refractivity contribution in [2.24, 2.45) is 10.9 Å². The van der Waals surface area contributed by atoms with Gasteiger partial charge in [-0.25, -0.2) is 0 Å². The van der Waals surface area contributed by atoms with Crippen molar-refractivity contribution in [3.8, 4) is 5.75 Å². The van der Waals surface area contributed by atoms with Crippen LogP contribution in [0.5, 0.6) is 5.75 Å². The van der Waals surface area contributed by atoms with Crippen LogP contribution in [0.4, 0.5) is 0 Å². The molecular formula is C20H22BrClN2O. The van der Waals surface area contributed by atoms with Gasteiger partial charge in [-0.3, -0.25) is 10.3 Å². The van der Waals surface area contributed by atoms with E-state index >= 15 is 0 Å². The molecule has 5 heteroatoms. The minimum absolute atomic E-state index is 0.0180. The van der Waals surface area contributed by atoms with Crippen LogP contribution < -0.4 is 5.32 Å². The fourth-order valence-corrected chi connectivity index (χ4v) is 3.67. The van der Waals surface area contributed by atoms with Gasteiger partial charge in [0.1, 0.15) is 11.9 Å². The van der Waals surface area contributed by atoms with Gasteiger partial charge in [-0.05, 0) is 48.2 Å². The molecule has 1 aliphatic heterocycles. The molecule has 2 aromatic carbocycles. The Morgan fingerprint density at radius 1 is 1.24 bits per heavy atom. The van der Waals surface area contributed by atoms with Crippen molar-refractivity contribution >= 4 is 33.2 Å². The van der Waals surface area contributed by atoms with E-state index in [4.69, 9.17) is 16.6 Å². The zero-order valence-electron chi connectivity index (χ0n) is 14.3. The first-order valence-electron chi connectivity index (χ1n) is 8.49. The van der Waals surface area contributed by atoms with Crippen molar-refractivity contribution in [2.75, 3.05) is 0 Å². The predicted molar refractivity (Wildman–Crippen MR) is 108 cm³/mol. The molecule has 2 N–H and O–H groups in total. The van der Waals surface area contributed by atoms with Gasteiger partial charge < -0.3 is 5.11 Å². The first-order valence-corrected chi connectivity index (χ1v) is 9.66. The number of hydrogen-bond donors (Lipinski definition) is 2. The predicted octanol–water partition coefficient (Wildman–Crippen LogP) is 5.70. The minimum Gasteiger partial charge on any atom is -0.508 e. The Bertz CT molecular complexity index is 774. The van der Waals surface area contributed by atoms with E-state index in [0.717, 1.165) is 39.2 Å². The van der Waals surface area contributed by atoms with Crippen LogP contribution in [0, 0.1) is 5.92 Å². The number of phenols is 1. The van der Waals surface area contributed by atoms with Crippen LogP contribution in [-0.4, -0.2) is 17.0 Å². The molecule has 0 spiro atoms. The number of halogens is 2. The lowest BCUT2D eigenvalue weighted by Gasteiger charge is -2.31. The monoisotopic (exact) mass is 420 g/mol. The van der Waals surface area contributed by atoms with E-state index in [9.17, 15) is 5.11 Å². The fraction of sp³-hybridized carbons (Fsp3) is 0.350.